The molecular weight excluding hydrogens is 592 g/mol. The molecule has 5 heterocycles. The number of esters is 1. The summed E-state index contributed by atoms with van der Waals surface area (Å²) in [5.41, 5.74) is 9.54. The number of H-pyrrole nitrogens is 2. The lowest BCUT2D eigenvalue weighted by atomic mass is 9.85. The number of ketones is 1. The Morgan fingerprint density at radius 1 is 0.905 bits per heavy atom. The number of halogens is 1. The maximum atomic E-state index is 13.8. The van der Waals surface area contributed by atoms with Crippen LogP contribution in [0.3, 0.4) is 0 Å². The first-order valence-electron chi connectivity index (χ1n) is 14.1. The molecule has 8 heteroatoms. The largest absolute Gasteiger partial charge is 0.468 e. The molecule has 212 valence electrons. The highest BCUT2D eigenvalue weighted by molar-refractivity contribution is 9.10. The molecule has 3 aromatic heterocycles. The Kier molecular flexibility index (Phi) is 5.90. The number of hydrogen-bond acceptors (Lipinski definition) is 5. The second-order valence-electron chi connectivity index (χ2n) is 12.8. The van der Waals surface area contributed by atoms with Crippen LogP contribution in [0.2, 0.25) is 0 Å². The minimum absolute atomic E-state index is 0.196. The Balaban J connectivity index is 1.60. The number of fused-ring (bicyclic) bond motifs is 8. The summed E-state index contributed by atoms with van der Waals surface area (Å²) in [7, 11) is 1.32. The fourth-order valence-corrected chi connectivity index (χ4v) is 6.75. The highest BCUT2D eigenvalue weighted by atomic mass is 79.9. The number of carbonyl (C=O) groups is 2. The number of methoxy groups -OCH3 is 1. The number of rotatable bonds is 2. The fourth-order valence-electron chi connectivity index (χ4n) is 6.48. The Hall–Kier alpha value is -4.04. The van der Waals surface area contributed by atoms with E-state index >= 15 is 0 Å². The van der Waals surface area contributed by atoms with Gasteiger partial charge in [-0.2, -0.15) is 0 Å². The SMILES string of the molecule is COC(=O)C1C(=O)c2c3nc(cc4[nH]c(cc5nc(cc6cc1c2[nH]6)C(C)(C)C5)cc4-c1ccc(Br)cc1)C(C)(C)C3. The molecule has 0 radical (unpaired) electrons. The zero-order valence-electron chi connectivity index (χ0n) is 24.2. The van der Waals surface area contributed by atoms with E-state index in [2.05, 4.69) is 83.9 Å². The summed E-state index contributed by atoms with van der Waals surface area (Å²) >= 11 is 3.55. The van der Waals surface area contributed by atoms with Gasteiger partial charge in [0.1, 0.15) is 5.92 Å². The van der Waals surface area contributed by atoms with Gasteiger partial charge in [0.15, 0.2) is 5.78 Å². The van der Waals surface area contributed by atoms with Gasteiger partial charge >= 0.3 is 5.97 Å². The summed E-state index contributed by atoms with van der Waals surface area (Å²) < 4.78 is 6.09. The predicted octanol–water partition coefficient (Wildman–Crippen LogP) is 7.24. The third-order valence-electron chi connectivity index (χ3n) is 8.72. The predicted molar refractivity (Wildman–Crippen MR) is 167 cm³/mol. The first-order chi connectivity index (χ1) is 19.9. The average Bonchev–Trinajstić information content (AvgIpc) is 3.69. The third kappa shape index (κ3) is 4.23. The molecule has 0 saturated heterocycles. The summed E-state index contributed by atoms with van der Waals surface area (Å²) in [6.45, 7) is 8.63. The van der Waals surface area contributed by atoms with Crippen molar-refractivity contribution in [3.05, 3.63) is 93.0 Å². The van der Waals surface area contributed by atoms with Crippen LogP contribution < -0.4 is 0 Å². The van der Waals surface area contributed by atoms with E-state index in [4.69, 9.17) is 14.7 Å². The molecule has 1 aromatic carbocycles. The van der Waals surface area contributed by atoms with Crippen molar-refractivity contribution in [1.29, 1.82) is 0 Å². The summed E-state index contributed by atoms with van der Waals surface area (Å²) in [5, 5.41) is 0. The van der Waals surface area contributed by atoms with Gasteiger partial charge in [0.25, 0.3) is 0 Å². The molecule has 7 nitrogen and oxygen atoms in total. The van der Waals surface area contributed by atoms with Crippen LogP contribution in [-0.2, 0) is 33.2 Å². The maximum absolute atomic E-state index is 13.8. The Morgan fingerprint density at radius 3 is 2.33 bits per heavy atom. The molecule has 0 spiro atoms. The van der Waals surface area contributed by atoms with E-state index in [-0.39, 0.29) is 16.6 Å². The smallest absolute Gasteiger partial charge is 0.321 e. The lowest BCUT2D eigenvalue weighted by Gasteiger charge is -2.16. The monoisotopic (exact) mass is 622 g/mol. The minimum atomic E-state index is -1.01. The van der Waals surface area contributed by atoms with E-state index in [1.807, 2.05) is 24.3 Å². The number of nitrogens with zero attached hydrogens (tertiary/aromatic N) is 2. The second kappa shape index (κ2) is 9.23. The molecule has 0 fully saturated rings. The van der Waals surface area contributed by atoms with E-state index in [0.717, 1.165) is 55.7 Å². The average molecular weight is 624 g/mol. The molecule has 7 rings (SSSR count). The summed E-state index contributed by atoms with van der Waals surface area (Å²) in [6.07, 6.45) is 1.35. The number of hydrogen-bond donors (Lipinski definition) is 2. The van der Waals surface area contributed by atoms with Crippen LogP contribution in [0.5, 0.6) is 0 Å². The molecule has 4 aromatic rings. The van der Waals surface area contributed by atoms with Gasteiger partial charge in [0, 0.05) is 72.9 Å². The van der Waals surface area contributed by atoms with Crippen LogP contribution in [0.4, 0.5) is 0 Å². The van der Waals surface area contributed by atoms with Crippen molar-refractivity contribution in [2.75, 3.05) is 7.11 Å². The fraction of sp³-hybridized carbons (Fsp3) is 0.294. The van der Waals surface area contributed by atoms with Crippen LogP contribution in [0.15, 0.2) is 59.1 Å². The second-order valence-corrected chi connectivity index (χ2v) is 13.7. The maximum Gasteiger partial charge on any atom is 0.321 e. The number of nitrogens with one attached hydrogen (secondary N) is 2. The van der Waals surface area contributed by atoms with Crippen LogP contribution in [-0.4, -0.2) is 38.8 Å². The molecule has 2 N–H and O–H groups in total. The van der Waals surface area contributed by atoms with E-state index in [9.17, 15) is 9.59 Å². The lowest BCUT2D eigenvalue weighted by molar-refractivity contribution is -0.141. The van der Waals surface area contributed by atoms with Crippen molar-refractivity contribution in [3.8, 4) is 11.1 Å². The number of Topliss-reactive ketones (excluding diaryl/α,β-unsaturated/α-hetero) is 1. The zero-order chi connectivity index (χ0) is 29.6. The quantitative estimate of drug-likeness (QED) is 0.181. The number of aromatic nitrogens is 4. The van der Waals surface area contributed by atoms with E-state index in [1.165, 1.54) is 7.11 Å². The van der Waals surface area contributed by atoms with Gasteiger partial charge in [-0.1, -0.05) is 55.8 Å². The Bertz CT molecular complexity index is 1980. The van der Waals surface area contributed by atoms with Crippen molar-refractivity contribution in [2.45, 2.75) is 57.3 Å². The molecule has 1 atom stereocenters. The highest BCUT2D eigenvalue weighted by Gasteiger charge is 2.43. The standard InChI is InChI=1S/C34H31BrN4O3/c1-33(2)15-21-10-19-11-22(17-6-8-18(35)9-7-17)24(36-19)14-27-34(3,4)16-25(39-27)29-30-23(28(31(29)40)32(41)42-5)12-20(38-30)13-26(33)37-21/h6-14,28,36,38H,15-16H2,1-5H3. The van der Waals surface area contributed by atoms with Gasteiger partial charge in [-0.3, -0.25) is 19.6 Å². The molecule has 8 bridgehead atoms. The summed E-state index contributed by atoms with van der Waals surface area (Å²) in [6, 6.07) is 18.6. The Labute approximate surface area is 251 Å². The van der Waals surface area contributed by atoms with Crippen molar-refractivity contribution in [2.24, 2.45) is 0 Å². The first kappa shape index (κ1) is 26.8. The van der Waals surface area contributed by atoms with Gasteiger partial charge in [0.2, 0.25) is 0 Å². The van der Waals surface area contributed by atoms with Crippen molar-refractivity contribution >= 4 is 49.7 Å². The summed E-state index contributed by atoms with van der Waals surface area (Å²) in [4.78, 5) is 43.9. The summed E-state index contributed by atoms with van der Waals surface area (Å²) in [5.74, 6) is -1.85. The van der Waals surface area contributed by atoms with Crippen LogP contribution >= 0.6 is 15.9 Å². The first-order valence-corrected chi connectivity index (χ1v) is 14.9. The van der Waals surface area contributed by atoms with E-state index in [1.54, 1.807) is 0 Å². The molecule has 42 heavy (non-hydrogen) atoms. The lowest BCUT2D eigenvalue weighted by Crippen LogP contribution is -2.20. The molecule has 1 aliphatic carbocycles. The molecular formula is C34H31BrN4O3. The van der Waals surface area contributed by atoms with Crippen molar-refractivity contribution in [3.63, 3.8) is 0 Å². The van der Waals surface area contributed by atoms with Gasteiger partial charge in [-0.15, -0.1) is 0 Å². The van der Waals surface area contributed by atoms with Gasteiger partial charge in [-0.25, -0.2) is 0 Å². The van der Waals surface area contributed by atoms with Gasteiger partial charge in [0.05, 0.1) is 23.9 Å². The normalized spacial score (nSPS) is 18.3. The number of benzene rings is 1. The topological polar surface area (TPSA) is 101 Å². The third-order valence-corrected chi connectivity index (χ3v) is 9.25. The Morgan fingerprint density at radius 2 is 1.60 bits per heavy atom. The number of carbonyl (C=O) groups excluding carboxylic acids is 2. The zero-order valence-corrected chi connectivity index (χ0v) is 25.8. The highest BCUT2D eigenvalue weighted by Crippen LogP contribution is 2.42. The van der Waals surface area contributed by atoms with Crippen molar-refractivity contribution < 1.29 is 14.3 Å². The van der Waals surface area contributed by atoms with E-state index in [0.29, 0.717) is 28.8 Å². The van der Waals surface area contributed by atoms with Gasteiger partial charge < -0.3 is 14.7 Å². The molecule has 0 saturated carbocycles. The minimum Gasteiger partial charge on any atom is -0.468 e. The molecule has 0 amide bonds. The van der Waals surface area contributed by atoms with Crippen LogP contribution in [0, 0.1) is 0 Å². The van der Waals surface area contributed by atoms with Crippen molar-refractivity contribution in [1.82, 2.24) is 19.9 Å². The van der Waals surface area contributed by atoms with Crippen LogP contribution in [0.1, 0.15) is 72.3 Å². The van der Waals surface area contributed by atoms with E-state index < -0.39 is 11.9 Å². The van der Waals surface area contributed by atoms with Gasteiger partial charge in [-0.05, 0) is 48.0 Å². The number of aromatic amines is 2. The van der Waals surface area contributed by atoms with Crippen LogP contribution in [0.25, 0.3) is 33.2 Å². The number of ether oxygens (including phenoxy) is 1. The molecule has 2 aliphatic heterocycles. The molecule has 3 aliphatic rings. The molecule has 1 unspecified atom stereocenters.